The molecular formula is C28H38N2O6S. The molecule has 3 aliphatic carbocycles. The van der Waals surface area contributed by atoms with E-state index in [1.807, 2.05) is 6.07 Å². The number of amides is 2. The minimum atomic E-state index is -1.08. The zero-order valence-corrected chi connectivity index (χ0v) is 22.5. The van der Waals surface area contributed by atoms with Gasteiger partial charge >= 0.3 is 11.9 Å². The quantitative estimate of drug-likeness (QED) is 0.446. The van der Waals surface area contributed by atoms with E-state index in [0.717, 1.165) is 61.8 Å². The third-order valence-electron chi connectivity index (χ3n) is 8.46. The minimum absolute atomic E-state index is 0.107. The summed E-state index contributed by atoms with van der Waals surface area (Å²) < 4.78 is 0. The van der Waals surface area contributed by atoms with Gasteiger partial charge in [0, 0.05) is 23.9 Å². The van der Waals surface area contributed by atoms with Crippen molar-refractivity contribution >= 4 is 46.4 Å². The fraction of sp³-hybridized carbons (Fsp3) is 0.643. The van der Waals surface area contributed by atoms with E-state index in [-0.39, 0.29) is 29.0 Å². The van der Waals surface area contributed by atoms with Gasteiger partial charge in [0.05, 0.1) is 17.5 Å². The predicted molar refractivity (Wildman–Crippen MR) is 143 cm³/mol. The number of carbonyl (C=O) groups excluding carboxylic acids is 2. The summed E-state index contributed by atoms with van der Waals surface area (Å²) in [7, 11) is 1.50. The van der Waals surface area contributed by atoms with Gasteiger partial charge in [0.2, 0.25) is 11.8 Å². The SMILES string of the molecule is CNC(=O)[C@H]1CCC(N(C(=O)C2CCC(C)CC2)c2cc(C3=CCCCC3)sc2C(=O)O)C[C@@H]1C(=O)O. The molecule has 1 heterocycles. The number of thiophene rings is 1. The highest BCUT2D eigenvalue weighted by atomic mass is 32.1. The molecule has 0 aliphatic heterocycles. The van der Waals surface area contributed by atoms with Crippen molar-refractivity contribution in [2.75, 3.05) is 11.9 Å². The number of aliphatic carboxylic acids is 1. The van der Waals surface area contributed by atoms with Crippen LogP contribution in [-0.4, -0.2) is 47.1 Å². The van der Waals surface area contributed by atoms with Gasteiger partial charge in [-0.05, 0) is 88.2 Å². The van der Waals surface area contributed by atoms with Crippen LogP contribution in [0.5, 0.6) is 0 Å². The average molecular weight is 531 g/mol. The number of aromatic carboxylic acids is 1. The summed E-state index contributed by atoms with van der Waals surface area (Å²) in [6, 6.07) is 1.37. The molecule has 0 saturated heterocycles. The summed E-state index contributed by atoms with van der Waals surface area (Å²) in [5, 5.41) is 22.7. The predicted octanol–water partition coefficient (Wildman–Crippen LogP) is 5.18. The van der Waals surface area contributed by atoms with E-state index in [4.69, 9.17) is 0 Å². The van der Waals surface area contributed by atoms with Crippen molar-refractivity contribution in [3.63, 3.8) is 0 Å². The Balaban J connectivity index is 1.74. The smallest absolute Gasteiger partial charge is 0.348 e. The molecule has 3 aliphatic rings. The lowest BCUT2D eigenvalue weighted by molar-refractivity contribution is -0.149. The molecule has 9 heteroatoms. The van der Waals surface area contributed by atoms with E-state index >= 15 is 0 Å². The van der Waals surface area contributed by atoms with Crippen LogP contribution in [0.2, 0.25) is 0 Å². The number of allylic oxidation sites excluding steroid dienone is 2. The Morgan fingerprint density at radius 3 is 2.32 bits per heavy atom. The highest BCUT2D eigenvalue weighted by Gasteiger charge is 2.44. The van der Waals surface area contributed by atoms with Crippen LogP contribution in [0.3, 0.4) is 0 Å². The Hall–Kier alpha value is -2.68. The first-order valence-electron chi connectivity index (χ1n) is 13.5. The van der Waals surface area contributed by atoms with Crippen LogP contribution in [0.4, 0.5) is 5.69 Å². The van der Waals surface area contributed by atoms with Gasteiger partial charge in [-0.25, -0.2) is 4.79 Å². The largest absolute Gasteiger partial charge is 0.481 e. The summed E-state index contributed by atoms with van der Waals surface area (Å²) in [6.45, 7) is 2.18. The van der Waals surface area contributed by atoms with Gasteiger partial charge in [0.15, 0.2) is 0 Å². The van der Waals surface area contributed by atoms with Crippen molar-refractivity contribution in [1.82, 2.24) is 5.32 Å². The number of nitrogens with zero attached hydrogens (tertiary/aromatic N) is 1. The van der Waals surface area contributed by atoms with Crippen molar-refractivity contribution in [1.29, 1.82) is 0 Å². The third kappa shape index (κ3) is 5.92. The summed E-state index contributed by atoms with van der Waals surface area (Å²) in [5.41, 5.74) is 1.51. The first kappa shape index (κ1) is 27.4. The second kappa shape index (κ2) is 11.8. The molecule has 1 unspecified atom stereocenters. The van der Waals surface area contributed by atoms with Gasteiger partial charge in [-0.3, -0.25) is 14.4 Å². The standard InChI is InChI=1S/C28H38N2O6S/c1-16-8-10-18(11-9-16)26(32)30(19-12-13-20(25(31)29-2)21(14-19)27(33)34)22-15-23(37-24(22)28(35)36)17-6-4-3-5-7-17/h6,15-16,18-21H,3-5,7-14H2,1-2H3,(H,29,31)(H,33,34)(H,35,36)/t16?,18?,19?,20-,21-/m0/s1. The van der Waals surface area contributed by atoms with Gasteiger partial charge in [-0.1, -0.05) is 13.0 Å². The van der Waals surface area contributed by atoms with E-state index < -0.39 is 29.8 Å². The zero-order valence-electron chi connectivity index (χ0n) is 21.7. The minimum Gasteiger partial charge on any atom is -0.481 e. The van der Waals surface area contributed by atoms with Crippen LogP contribution < -0.4 is 10.2 Å². The van der Waals surface area contributed by atoms with E-state index in [0.29, 0.717) is 24.4 Å². The lowest BCUT2D eigenvalue weighted by Gasteiger charge is -2.41. The monoisotopic (exact) mass is 530 g/mol. The van der Waals surface area contributed by atoms with Gasteiger partial charge in [-0.2, -0.15) is 0 Å². The normalized spacial score (nSPS) is 28.2. The molecule has 3 atom stereocenters. The van der Waals surface area contributed by atoms with Crippen molar-refractivity contribution in [3.8, 4) is 0 Å². The van der Waals surface area contributed by atoms with E-state index in [1.165, 1.54) is 18.4 Å². The Morgan fingerprint density at radius 1 is 1.00 bits per heavy atom. The number of anilines is 1. The van der Waals surface area contributed by atoms with E-state index in [2.05, 4.69) is 18.3 Å². The second-order valence-electron chi connectivity index (χ2n) is 10.9. The summed E-state index contributed by atoms with van der Waals surface area (Å²) >= 11 is 1.20. The lowest BCUT2D eigenvalue weighted by Crippen LogP contribution is -2.51. The molecular weight excluding hydrogens is 492 g/mol. The molecule has 202 valence electrons. The highest BCUT2D eigenvalue weighted by Crippen LogP contribution is 2.43. The van der Waals surface area contributed by atoms with Crippen LogP contribution in [-0.2, 0) is 14.4 Å². The first-order valence-corrected chi connectivity index (χ1v) is 14.4. The van der Waals surface area contributed by atoms with Crippen molar-refractivity contribution in [2.45, 2.75) is 83.6 Å². The lowest BCUT2D eigenvalue weighted by atomic mass is 9.75. The maximum atomic E-state index is 14.1. The topological polar surface area (TPSA) is 124 Å². The van der Waals surface area contributed by atoms with E-state index in [9.17, 15) is 29.4 Å². The van der Waals surface area contributed by atoms with Gasteiger partial charge in [-0.15, -0.1) is 11.3 Å². The Kier molecular flexibility index (Phi) is 8.72. The van der Waals surface area contributed by atoms with Crippen LogP contribution in [0.15, 0.2) is 12.1 Å². The second-order valence-corrected chi connectivity index (χ2v) is 12.0. The first-order chi connectivity index (χ1) is 17.7. The number of nitrogens with one attached hydrogen (secondary N) is 1. The van der Waals surface area contributed by atoms with Gasteiger partial charge < -0.3 is 20.4 Å². The van der Waals surface area contributed by atoms with Crippen molar-refractivity contribution in [2.24, 2.45) is 23.7 Å². The number of hydrogen-bond acceptors (Lipinski definition) is 5. The van der Waals surface area contributed by atoms with Gasteiger partial charge in [0.1, 0.15) is 4.88 Å². The molecule has 8 nitrogen and oxygen atoms in total. The zero-order chi connectivity index (χ0) is 26.7. The molecule has 2 fully saturated rings. The van der Waals surface area contributed by atoms with Crippen LogP contribution in [0, 0.1) is 23.7 Å². The molecule has 0 aromatic carbocycles. The number of rotatable bonds is 7. The number of carboxylic acid groups (broad SMARTS) is 2. The maximum absolute atomic E-state index is 14.1. The highest BCUT2D eigenvalue weighted by molar-refractivity contribution is 7.15. The molecule has 0 spiro atoms. The summed E-state index contributed by atoms with van der Waals surface area (Å²) in [6.07, 6.45) is 10.4. The molecule has 1 aromatic heterocycles. The molecule has 3 N–H and O–H groups in total. The molecule has 0 radical (unpaired) electrons. The number of carbonyl (C=O) groups is 4. The van der Waals surface area contributed by atoms with Crippen LogP contribution in [0.1, 0.15) is 92.1 Å². The number of carboxylic acids is 2. The van der Waals surface area contributed by atoms with Crippen molar-refractivity contribution in [3.05, 3.63) is 21.9 Å². The van der Waals surface area contributed by atoms with E-state index in [1.54, 1.807) is 4.90 Å². The molecule has 0 bridgehead atoms. The Labute approximate surface area is 222 Å². The Bertz CT molecular complexity index is 1070. The average Bonchev–Trinajstić information content (AvgIpc) is 3.34. The maximum Gasteiger partial charge on any atom is 0.348 e. The van der Waals surface area contributed by atoms with Crippen LogP contribution >= 0.6 is 11.3 Å². The number of hydrogen-bond donors (Lipinski definition) is 3. The molecule has 4 rings (SSSR count). The molecule has 37 heavy (non-hydrogen) atoms. The molecule has 1 aromatic rings. The van der Waals surface area contributed by atoms with Gasteiger partial charge in [0.25, 0.3) is 0 Å². The molecule has 2 amide bonds. The van der Waals surface area contributed by atoms with Crippen molar-refractivity contribution < 1.29 is 29.4 Å². The third-order valence-corrected chi connectivity index (χ3v) is 9.65. The fourth-order valence-corrected chi connectivity index (χ4v) is 7.34. The molecule has 2 saturated carbocycles. The summed E-state index contributed by atoms with van der Waals surface area (Å²) in [4.78, 5) is 53.8. The van der Waals surface area contributed by atoms with Crippen LogP contribution in [0.25, 0.3) is 5.57 Å². The Morgan fingerprint density at radius 2 is 1.73 bits per heavy atom. The fourth-order valence-electron chi connectivity index (χ4n) is 6.29. The summed E-state index contributed by atoms with van der Waals surface area (Å²) in [5.74, 6) is -3.82.